The summed E-state index contributed by atoms with van der Waals surface area (Å²) in [6.07, 6.45) is 2.46. The van der Waals surface area contributed by atoms with Crippen molar-refractivity contribution in [2.75, 3.05) is 4.90 Å². The third-order valence-corrected chi connectivity index (χ3v) is 6.96. The topological polar surface area (TPSA) is 63.2 Å². The summed E-state index contributed by atoms with van der Waals surface area (Å²) < 4.78 is 0.688. The Morgan fingerprint density at radius 2 is 1.72 bits per heavy atom. The van der Waals surface area contributed by atoms with E-state index in [2.05, 4.69) is 10.2 Å². The van der Waals surface area contributed by atoms with Gasteiger partial charge in [-0.25, -0.2) is 0 Å². The number of Topliss-reactive ketones (excluding diaryl/α,β-unsaturated/α-hetero) is 1. The molecule has 0 spiro atoms. The van der Waals surface area contributed by atoms with Crippen LogP contribution in [0.5, 0.6) is 0 Å². The second-order valence-corrected chi connectivity index (χ2v) is 9.15. The zero-order chi connectivity index (χ0) is 20.2. The van der Waals surface area contributed by atoms with Gasteiger partial charge in [0.15, 0.2) is 10.1 Å². The molecule has 1 aliphatic rings. The lowest BCUT2D eigenvalue weighted by Crippen LogP contribution is -2.32. The molecule has 148 valence electrons. The Morgan fingerprint density at radius 1 is 1.07 bits per heavy atom. The van der Waals surface area contributed by atoms with Gasteiger partial charge in [-0.2, -0.15) is 0 Å². The largest absolute Gasteiger partial charge is 0.293 e. The number of aromatic nitrogens is 2. The summed E-state index contributed by atoms with van der Waals surface area (Å²) in [5.74, 6) is 0.0994. The van der Waals surface area contributed by atoms with Crippen molar-refractivity contribution in [1.29, 1.82) is 0 Å². The molecule has 7 heteroatoms. The van der Waals surface area contributed by atoms with Crippen molar-refractivity contribution in [1.82, 2.24) is 10.2 Å². The summed E-state index contributed by atoms with van der Waals surface area (Å²) in [6.45, 7) is 1.86. The van der Waals surface area contributed by atoms with E-state index in [1.165, 1.54) is 23.1 Å². The van der Waals surface area contributed by atoms with E-state index in [0.717, 1.165) is 18.4 Å². The molecular formula is C22H21N3O2S2. The summed E-state index contributed by atoms with van der Waals surface area (Å²) in [5.41, 5.74) is 1.59. The summed E-state index contributed by atoms with van der Waals surface area (Å²) in [5, 5.41) is 8.76. The highest BCUT2D eigenvalue weighted by Gasteiger charge is 2.35. The quantitative estimate of drug-likeness (QED) is 0.284. The molecule has 0 saturated heterocycles. The molecule has 2 aromatic carbocycles. The highest BCUT2D eigenvalue weighted by Crippen LogP contribution is 2.42. The standard InChI is InChI=1S/C22H21N3O2S2/c1-2-18(26)25(17-13-14-17)21-23-24-22(29-21)28-20(16-11-7-4-8-12-16)19(27)15-9-5-3-6-10-15/h3-12,17,20H,2,13-14H2,1H3/t20-/m0/s1. The minimum atomic E-state index is -0.421. The maximum absolute atomic E-state index is 13.2. The molecular weight excluding hydrogens is 402 g/mol. The van der Waals surface area contributed by atoms with Gasteiger partial charge in [0.2, 0.25) is 11.0 Å². The van der Waals surface area contributed by atoms with Crippen LogP contribution in [0.3, 0.4) is 0 Å². The van der Waals surface area contributed by atoms with Gasteiger partial charge in [-0.3, -0.25) is 14.5 Å². The van der Waals surface area contributed by atoms with Gasteiger partial charge in [-0.15, -0.1) is 10.2 Å². The number of nitrogens with zero attached hydrogens (tertiary/aromatic N) is 3. The van der Waals surface area contributed by atoms with E-state index in [1.807, 2.05) is 67.6 Å². The summed E-state index contributed by atoms with van der Waals surface area (Å²) in [7, 11) is 0. The van der Waals surface area contributed by atoms with Crippen molar-refractivity contribution in [3.8, 4) is 0 Å². The molecule has 0 aliphatic heterocycles. The van der Waals surface area contributed by atoms with Gasteiger partial charge in [0, 0.05) is 18.0 Å². The molecule has 1 atom stereocenters. The van der Waals surface area contributed by atoms with Crippen LogP contribution in [0, 0.1) is 0 Å². The van der Waals surface area contributed by atoms with Gasteiger partial charge < -0.3 is 0 Å². The van der Waals surface area contributed by atoms with Gasteiger partial charge in [-0.05, 0) is 18.4 Å². The monoisotopic (exact) mass is 423 g/mol. The predicted molar refractivity (Wildman–Crippen MR) is 117 cm³/mol. The zero-order valence-electron chi connectivity index (χ0n) is 16.0. The number of anilines is 1. The van der Waals surface area contributed by atoms with E-state index in [4.69, 9.17) is 0 Å². The number of hydrogen-bond acceptors (Lipinski definition) is 6. The highest BCUT2D eigenvalue weighted by molar-refractivity contribution is 8.02. The fourth-order valence-corrected chi connectivity index (χ4v) is 5.27. The van der Waals surface area contributed by atoms with Crippen LogP contribution in [0.4, 0.5) is 5.13 Å². The van der Waals surface area contributed by atoms with Gasteiger partial charge >= 0.3 is 0 Å². The Kier molecular flexibility index (Phi) is 6.06. The summed E-state index contributed by atoms with van der Waals surface area (Å²) >= 11 is 2.77. The molecule has 1 aromatic heterocycles. The maximum atomic E-state index is 13.2. The number of rotatable bonds is 8. The van der Waals surface area contributed by atoms with Gasteiger partial charge in [0.1, 0.15) is 0 Å². The molecule has 1 fully saturated rings. The first-order valence-electron chi connectivity index (χ1n) is 9.63. The number of ketones is 1. The molecule has 1 aliphatic carbocycles. The van der Waals surface area contributed by atoms with E-state index >= 15 is 0 Å². The molecule has 29 heavy (non-hydrogen) atoms. The molecule has 1 saturated carbocycles. The van der Waals surface area contributed by atoms with Crippen molar-refractivity contribution < 1.29 is 9.59 Å². The van der Waals surface area contributed by atoms with Crippen molar-refractivity contribution in [2.24, 2.45) is 0 Å². The summed E-state index contributed by atoms with van der Waals surface area (Å²) in [6, 6.07) is 19.3. The Bertz CT molecular complexity index is 988. The van der Waals surface area contributed by atoms with Gasteiger partial charge in [-0.1, -0.05) is 90.7 Å². The number of carbonyl (C=O) groups excluding carboxylic acids is 2. The SMILES string of the molecule is CCC(=O)N(c1nnc(S[C@H](C(=O)c2ccccc2)c2ccccc2)s1)C1CC1. The zero-order valence-corrected chi connectivity index (χ0v) is 17.7. The Morgan fingerprint density at radius 3 is 2.34 bits per heavy atom. The Labute approximate surface area is 178 Å². The second-order valence-electron chi connectivity index (χ2n) is 6.84. The van der Waals surface area contributed by atoms with Crippen LogP contribution in [0.2, 0.25) is 0 Å². The van der Waals surface area contributed by atoms with E-state index in [0.29, 0.717) is 21.5 Å². The van der Waals surface area contributed by atoms with Crippen LogP contribution in [-0.4, -0.2) is 27.9 Å². The Balaban J connectivity index is 1.61. The average molecular weight is 424 g/mol. The molecule has 0 unspecified atom stereocenters. The fourth-order valence-electron chi connectivity index (χ4n) is 3.07. The number of hydrogen-bond donors (Lipinski definition) is 0. The molecule has 5 nitrogen and oxygen atoms in total. The van der Waals surface area contributed by atoms with E-state index in [1.54, 1.807) is 4.90 Å². The lowest BCUT2D eigenvalue weighted by atomic mass is 10.0. The van der Waals surface area contributed by atoms with Crippen molar-refractivity contribution in [3.05, 3.63) is 71.8 Å². The lowest BCUT2D eigenvalue weighted by Gasteiger charge is -2.17. The molecule has 1 heterocycles. The van der Waals surface area contributed by atoms with Crippen LogP contribution in [0.1, 0.15) is 47.4 Å². The fraction of sp³-hybridized carbons (Fsp3) is 0.273. The third kappa shape index (κ3) is 4.57. The first-order chi connectivity index (χ1) is 14.2. The van der Waals surface area contributed by atoms with Crippen molar-refractivity contribution >= 4 is 39.9 Å². The van der Waals surface area contributed by atoms with Crippen molar-refractivity contribution in [3.63, 3.8) is 0 Å². The molecule has 3 aromatic rings. The molecule has 0 N–H and O–H groups in total. The van der Waals surface area contributed by atoms with Crippen molar-refractivity contribution in [2.45, 2.75) is 41.8 Å². The highest BCUT2D eigenvalue weighted by atomic mass is 32.2. The minimum Gasteiger partial charge on any atom is -0.293 e. The van der Waals surface area contributed by atoms with E-state index < -0.39 is 5.25 Å². The molecule has 1 amide bonds. The number of carbonyl (C=O) groups is 2. The van der Waals surface area contributed by atoms with E-state index in [-0.39, 0.29) is 17.7 Å². The second kappa shape index (κ2) is 8.88. The van der Waals surface area contributed by atoms with Crippen LogP contribution in [0.15, 0.2) is 65.0 Å². The van der Waals surface area contributed by atoms with Crippen LogP contribution in [-0.2, 0) is 4.79 Å². The third-order valence-electron chi connectivity index (χ3n) is 4.70. The van der Waals surface area contributed by atoms with Crippen LogP contribution in [0.25, 0.3) is 0 Å². The average Bonchev–Trinajstić information content (AvgIpc) is 3.50. The maximum Gasteiger partial charge on any atom is 0.228 e. The van der Waals surface area contributed by atoms with Crippen LogP contribution >= 0.6 is 23.1 Å². The van der Waals surface area contributed by atoms with Gasteiger partial charge in [0.25, 0.3) is 0 Å². The minimum absolute atomic E-state index is 0.0298. The van der Waals surface area contributed by atoms with Gasteiger partial charge in [0.05, 0.1) is 5.25 Å². The smallest absolute Gasteiger partial charge is 0.228 e. The molecule has 0 radical (unpaired) electrons. The Hall–Kier alpha value is -2.51. The number of thioether (sulfide) groups is 1. The van der Waals surface area contributed by atoms with Crippen LogP contribution < -0.4 is 4.90 Å². The number of benzene rings is 2. The normalized spacial score (nSPS) is 14.4. The number of amides is 1. The predicted octanol–water partition coefficient (Wildman–Crippen LogP) is 5.16. The first kappa shape index (κ1) is 19.8. The molecule has 4 rings (SSSR count). The first-order valence-corrected chi connectivity index (χ1v) is 11.3. The lowest BCUT2D eigenvalue weighted by molar-refractivity contribution is -0.118. The van der Waals surface area contributed by atoms with E-state index in [9.17, 15) is 9.59 Å². The molecule has 0 bridgehead atoms. The summed E-state index contributed by atoms with van der Waals surface area (Å²) in [4.78, 5) is 27.4.